The van der Waals surface area contributed by atoms with Crippen LogP contribution in [-0.4, -0.2) is 18.4 Å². The van der Waals surface area contributed by atoms with Gasteiger partial charge in [-0.15, -0.1) is 0 Å². The molecular formula is C18H27NO3. The third-order valence-corrected chi connectivity index (χ3v) is 3.40. The van der Waals surface area contributed by atoms with Gasteiger partial charge in [-0.1, -0.05) is 62.9 Å². The highest BCUT2D eigenvalue weighted by Crippen LogP contribution is 2.05. The summed E-state index contributed by atoms with van der Waals surface area (Å²) in [6.07, 6.45) is 6.41. The van der Waals surface area contributed by atoms with Crippen molar-refractivity contribution in [1.29, 1.82) is 0 Å². The zero-order chi connectivity index (χ0) is 16.0. The summed E-state index contributed by atoms with van der Waals surface area (Å²) in [6.45, 7) is 2.80. The van der Waals surface area contributed by atoms with Crippen molar-refractivity contribution in [3.05, 3.63) is 35.9 Å². The van der Waals surface area contributed by atoms with E-state index in [4.69, 9.17) is 4.74 Å². The molecule has 22 heavy (non-hydrogen) atoms. The molecule has 122 valence electrons. The number of carbonyl (C=O) groups is 2. The zero-order valence-electron chi connectivity index (χ0n) is 13.5. The molecule has 0 fully saturated rings. The largest absolute Gasteiger partial charge is 0.461 e. The van der Waals surface area contributed by atoms with Gasteiger partial charge in [-0.05, 0) is 12.0 Å². The van der Waals surface area contributed by atoms with Gasteiger partial charge in [0.05, 0.1) is 6.42 Å². The topological polar surface area (TPSA) is 55.4 Å². The second kappa shape index (κ2) is 11.8. The molecule has 0 bridgehead atoms. The Morgan fingerprint density at radius 2 is 1.73 bits per heavy atom. The lowest BCUT2D eigenvalue weighted by atomic mass is 10.1. The normalized spacial score (nSPS) is 10.2. The van der Waals surface area contributed by atoms with Crippen molar-refractivity contribution in [3.63, 3.8) is 0 Å². The van der Waals surface area contributed by atoms with Gasteiger partial charge in [-0.2, -0.15) is 0 Å². The molecule has 1 amide bonds. The molecule has 1 aromatic carbocycles. The van der Waals surface area contributed by atoms with Gasteiger partial charge in [0.2, 0.25) is 5.91 Å². The molecule has 1 rings (SSSR count). The summed E-state index contributed by atoms with van der Waals surface area (Å²) in [7, 11) is 0. The average molecular weight is 305 g/mol. The first kappa shape index (κ1) is 18.2. The standard InChI is InChI=1S/C18H27NO3/c1-2-3-4-5-9-12-17(20)19-14-13-18(21)22-15-16-10-7-6-8-11-16/h6-8,10-11H,2-5,9,12-15H2,1H3,(H,19,20). The lowest BCUT2D eigenvalue weighted by Gasteiger charge is -2.06. The molecule has 4 nitrogen and oxygen atoms in total. The molecule has 1 aromatic rings. The van der Waals surface area contributed by atoms with E-state index in [-0.39, 0.29) is 24.9 Å². The highest BCUT2D eigenvalue weighted by molar-refractivity contribution is 5.76. The first-order valence-electron chi connectivity index (χ1n) is 8.18. The van der Waals surface area contributed by atoms with Gasteiger partial charge in [-0.3, -0.25) is 9.59 Å². The van der Waals surface area contributed by atoms with Crippen LogP contribution in [0.5, 0.6) is 0 Å². The second-order valence-electron chi connectivity index (χ2n) is 5.41. The smallest absolute Gasteiger partial charge is 0.307 e. The maximum atomic E-state index is 11.6. The third kappa shape index (κ3) is 9.16. The predicted octanol–water partition coefficient (Wildman–Crippen LogP) is 3.60. The van der Waals surface area contributed by atoms with Crippen molar-refractivity contribution in [2.45, 2.75) is 58.5 Å². The van der Waals surface area contributed by atoms with Crippen LogP contribution < -0.4 is 5.32 Å². The summed E-state index contributed by atoms with van der Waals surface area (Å²) in [6, 6.07) is 9.55. The van der Waals surface area contributed by atoms with E-state index in [1.807, 2.05) is 30.3 Å². The fraction of sp³-hybridized carbons (Fsp3) is 0.556. The van der Waals surface area contributed by atoms with Gasteiger partial charge in [0.1, 0.15) is 6.61 Å². The van der Waals surface area contributed by atoms with Crippen molar-refractivity contribution >= 4 is 11.9 Å². The summed E-state index contributed by atoms with van der Waals surface area (Å²) in [5.74, 6) is -0.264. The molecule has 0 saturated carbocycles. The first-order valence-corrected chi connectivity index (χ1v) is 8.18. The second-order valence-corrected chi connectivity index (χ2v) is 5.41. The Labute approximate surface area is 133 Å². The maximum Gasteiger partial charge on any atom is 0.307 e. The Kier molecular flexibility index (Phi) is 9.75. The molecule has 0 aliphatic rings. The minimum atomic E-state index is -0.285. The van der Waals surface area contributed by atoms with Crippen molar-refractivity contribution in [2.75, 3.05) is 6.54 Å². The lowest BCUT2D eigenvalue weighted by Crippen LogP contribution is -2.26. The number of hydrogen-bond acceptors (Lipinski definition) is 3. The predicted molar refractivity (Wildman–Crippen MR) is 87.2 cm³/mol. The van der Waals surface area contributed by atoms with Crippen LogP contribution in [-0.2, 0) is 20.9 Å². The molecule has 0 radical (unpaired) electrons. The van der Waals surface area contributed by atoms with Crippen LogP contribution in [0, 0.1) is 0 Å². The van der Waals surface area contributed by atoms with Crippen molar-refractivity contribution in [2.24, 2.45) is 0 Å². The van der Waals surface area contributed by atoms with Gasteiger partial charge in [0, 0.05) is 13.0 Å². The Morgan fingerprint density at radius 3 is 2.45 bits per heavy atom. The fourth-order valence-corrected chi connectivity index (χ4v) is 2.09. The molecule has 0 spiro atoms. The van der Waals surface area contributed by atoms with E-state index in [9.17, 15) is 9.59 Å². The average Bonchev–Trinajstić information content (AvgIpc) is 2.54. The quantitative estimate of drug-likeness (QED) is 0.502. The Hall–Kier alpha value is -1.84. The van der Waals surface area contributed by atoms with Crippen LogP contribution in [0.4, 0.5) is 0 Å². The van der Waals surface area contributed by atoms with E-state index >= 15 is 0 Å². The monoisotopic (exact) mass is 305 g/mol. The van der Waals surface area contributed by atoms with Crippen LogP contribution in [0.1, 0.15) is 57.4 Å². The molecule has 0 unspecified atom stereocenters. The first-order chi connectivity index (χ1) is 10.7. The number of unbranched alkanes of at least 4 members (excludes halogenated alkanes) is 4. The summed E-state index contributed by atoms with van der Waals surface area (Å²) in [5.41, 5.74) is 0.965. The molecular weight excluding hydrogens is 278 g/mol. The van der Waals surface area contributed by atoms with E-state index in [1.165, 1.54) is 19.3 Å². The summed E-state index contributed by atoms with van der Waals surface area (Å²) < 4.78 is 5.15. The van der Waals surface area contributed by atoms with Crippen LogP contribution in [0.25, 0.3) is 0 Å². The zero-order valence-corrected chi connectivity index (χ0v) is 13.5. The fourth-order valence-electron chi connectivity index (χ4n) is 2.09. The van der Waals surface area contributed by atoms with Gasteiger partial charge >= 0.3 is 5.97 Å². The molecule has 1 N–H and O–H groups in total. The lowest BCUT2D eigenvalue weighted by molar-refractivity contribution is -0.144. The molecule has 0 aromatic heterocycles. The van der Waals surface area contributed by atoms with E-state index in [2.05, 4.69) is 12.2 Å². The highest BCUT2D eigenvalue weighted by Gasteiger charge is 2.05. The number of rotatable bonds is 11. The molecule has 0 aliphatic heterocycles. The number of hydrogen-bond donors (Lipinski definition) is 1. The van der Waals surface area contributed by atoms with Crippen molar-refractivity contribution < 1.29 is 14.3 Å². The molecule has 0 saturated heterocycles. The van der Waals surface area contributed by atoms with Crippen LogP contribution >= 0.6 is 0 Å². The number of amides is 1. The number of carbonyl (C=O) groups excluding carboxylic acids is 2. The van der Waals surface area contributed by atoms with Crippen LogP contribution in [0.15, 0.2) is 30.3 Å². The van der Waals surface area contributed by atoms with Gasteiger partial charge < -0.3 is 10.1 Å². The van der Waals surface area contributed by atoms with Gasteiger partial charge in [0.25, 0.3) is 0 Å². The van der Waals surface area contributed by atoms with Crippen molar-refractivity contribution in [1.82, 2.24) is 5.32 Å². The molecule has 4 heteroatoms. The minimum absolute atomic E-state index is 0.0207. The molecule has 0 heterocycles. The third-order valence-electron chi connectivity index (χ3n) is 3.40. The molecule has 0 atom stereocenters. The van der Waals surface area contributed by atoms with Crippen LogP contribution in [0.3, 0.4) is 0 Å². The number of benzene rings is 1. The Morgan fingerprint density at radius 1 is 1.00 bits per heavy atom. The number of ether oxygens (including phenoxy) is 1. The summed E-state index contributed by atoms with van der Waals surface area (Å²) in [5, 5.41) is 2.76. The SMILES string of the molecule is CCCCCCCC(=O)NCCC(=O)OCc1ccccc1. The van der Waals surface area contributed by atoms with Crippen molar-refractivity contribution in [3.8, 4) is 0 Å². The Balaban J connectivity index is 2.01. The van der Waals surface area contributed by atoms with E-state index in [0.29, 0.717) is 13.0 Å². The van der Waals surface area contributed by atoms with Crippen LogP contribution in [0.2, 0.25) is 0 Å². The minimum Gasteiger partial charge on any atom is -0.461 e. The van der Waals surface area contributed by atoms with E-state index in [1.54, 1.807) is 0 Å². The van der Waals surface area contributed by atoms with E-state index < -0.39 is 0 Å². The van der Waals surface area contributed by atoms with E-state index in [0.717, 1.165) is 18.4 Å². The molecule has 0 aliphatic carbocycles. The number of esters is 1. The number of nitrogens with one attached hydrogen (secondary N) is 1. The maximum absolute atomic E-state index is 11.6. The Bertz CT molecular complexity index is 431. The summed E-state index contributed by atoms with van der Waals surface area (Å²) >= 11 is 0. The highest BCUT2D eigenvalue weighted by atomic mass is 16.5. The van der Waals surface area contributed by atoms with Gasteiger partial charge in [0.15, 0.2) is 0 Å². The van der Waals surface area contributed by atoms with Gasteiger partial charge in [-0.25, -0.2) is 0 Å². The summed E-state index contributed by atoms with van der Waals surface area (Å²) in [4.78, 5) is 23.1.